The van der Waals surface area contributed by atoms with Crippen molar-refractivity contribution in [2.45, 2.75) is 13.1 Å². The van der Waals surface area contributed by atoms with E-state index in [-0.39, 0.29) is 5.69 Å². The number of likely N-dealkylation sites (N-methyl/N-ethyl adjacent to an activating group) is 1. The summed E-state index contributed by atoms with van der Waals surface area (Å²) in [4.78, 5) is 21.9. The molecule has 0 fully saturated rings. The van der Waals surface area contributed by atoms with Gasteiger partial charge in [-0.3, -0.25) is 9.55 Å². The van der Waals surface area contributed by atoms with Gasteiger partial charge in [0, 0.05) is 25.8 Å². The van der Waals surface area contributed by atoms with Crippen LogP contribution in [-0.4, -0.2) is 51.4 Å². The van der Waals surface area contributed by atoms with E-state index in [4.69, 9.17) is 4.74 Å². The number of hydrogen-bond acceptors (Lipinski definition) is 7. The second-order valence-electron chi connectivity index (χ2n) is 6.70. The fourth-order valence-corrected chi connectivity index (χ4v) is 3.24. The summed E-state index contributed by atoms with van der Waals surface area (Å²) < 4.78 is 8.20. The molecule has 1 aromatic carbocycles. The predicted octanol–water partition coefficient (Wildman–Crippen LogP) is 0.805. The van der Waals surface area contributed by atoms with Crippen LogP contribution in [0.25, 0.3) is 16.7 Å². The summed E-state index contributed by atoms with van der Waals surface area (Å²) >= 11 is 0. The zero-order valence-electron chi connectivity index (χ0n) is 16.4. The highest BCUT2D eigenvalue weighted by molar-refractivity contribution is 5.87. The van der Waals surface area contributed by atoms with Crippen LogP contribution >= 0.6 is 0 Å². The lowest BCUT2D eigenvalue weighted by molar-refractivity contribution is 0.414. The molecule has 0 unspecified atom stereocenters. The molecule has 9 heteroatoms. The summed E-state index contributed by atoms with van der Waals surface area (Å²) in [6.45, 7) is 2.78. The van der Waals surface area contributed by atoms with Gasteiger partial charge in [0.2, 0.25) is 0 Å². The Bertz CT molecular complexity index is 1180. The minimum atomic E-state index is -0.247. The molecule has 0 aliphatic carbocycles. The van der Waals surface area contributed by atoms with Gasteiger partial charge >= 0.3 is 5.69 Å². The lowest BCUT2D eigenvalue weighted by atomic mass is 10.2. The van der Waals surface area contributed by atoms with Gasteiger partial charge in [0.15, 0.2) is 5.65 Å². The molecule has 0 aliphatic rings. The summed E-state index contributed by atoms with van der Waals surface area (Å²) in [5, 5.41) is 10.5. The lowest BCUT2D eigenvalue weighted by Gasteiger charge is -2.13. The molecule has 4 aromatic rings. The molecule has 2 N–H and O–H groups in total. The van der Waals surface area contributed by atoms with Crippen molar-refractivity contribution in [1.29, 1.82) is 0 Å². The number of hydrogen-bond donors (Lipinski definition) is 2. The first-order valence-corrected chi connectivity index (χ1v) is 9.40. The topological polar surface area (TPSA) is 98.4 Å². The van der Waals surface area contributed by atoms with Gasteiger partial charge in [-0.05, 0) is 36.4 Å². The minimum Gasteiger partial charge on any atom is -0.497 e. The Morgan fingerprint density at radius 3 is 2.69 bits per heavy atom. The Balaban J connectivity index is 1.78. The Hall–Kier alpha value is -3.30. The highest BCUT2D eigenvalue weighted by atomic mass is 16.5. The maximum Gasteiger partial charge on any atom is 0.351 e. The zero-order valence-corrected chi connectivity index (χ0v) is 16.4. The molecule has 0 aliphatic heterocycles. The first-order valence-electron chi connectivity index (χ1n) is 9.40. The number of rotatable bonds is 8. The summed E-state index contributed by atoms with van der Waals surface area (Å²) in [6.07, 6.45) is 3.19. The van der Waals surface area contributed by atoms with Crippen LogP contribution in [0.5, 0.6) is 5.75 Å². The smallest absolute Gasteiger partial charge is 0.351 e. The van der Waals surface area contributed by atoms with E-state index in [2.05, 4.69) is 25.7 Å². The molecular weight excluding hydrogens is 370 g/mol. The number of nitrogens with one attached hydrogen (secondary N) is 2. The number of benzene rings is 1. The second-order valence-corrected chi connectivity index (χ2v) is 6.70. The average Bonchev–Trinajstić information content (AvgIpc) is 3.25. The number of methoxy groups -OCH3 is 1. The monoisotopic (exact) mass is 393 g/mol. The van der Waals surface area contributed by atoms with Crippen LogP contribution in [-0.2, 0) is 13.1 Å². The van der Waals surface area contributed by atoms with E-state index in [0.717, 1.165) is 35.5 Å². The summed E-state index contributed by atoms with van der Waals surface area (Å²) in [5.74, 6) is 0.772. The molecule has 4 rings (SSSR count). The fraction of sp³-hybridized carbons (Fsp3) is 0.300. The maximum atomic E-state index is 13.1. The second kappa shape index (κ2) is 8.38. The molecule has 0 atom stereocenters. The maximum absolute atomic E-state index is 13.1. The van der Waals surface area contributed by atoms with E-state index in [1.807, 2.05) is 43.6 Å². The van der Waals surface area contributed by atoms with Crippen LogP contribution < -0.4 is 21.1 Å². The van der Waals surface area contributed by atoms with Gasteiger partial charge < -0.3 is 15.4 Å². The van der Waals surface area contributed by atoms with Gasteiger partial charge in [-0.2, -0.15) is 9.61 Å². The molecule has 9 nitrogen and oxygen atoms in total. The highest BCUT2D eigenvalue weighted by Gasteiger charge is 2.14. The standard InChI is InChI=1S/C20H23N7O2/c1-21-7-8-22-10-15-9-17-18(23-11-15)19-24-13-25-27(19)20(28)26(17)12-14-3-5-16(29-2)6-4-14/h3-6,9,11,13,21-22H,7-8,10,12H2,1-2H3. The van der Waals surface area contributed by atoms with Gasteiger partial charge in [-0.15, -0.1) is 0 Å². The van der Waals surface area contributed by atoms with E-state index < -0.39 is 0 Å². The molecule has 3 aromatic heterocycles. The zero-order chi connectivity index (χ0) is 20.2. The van der Waals surface area contributed by atoms with Crippen LogP contribution in [0, 0.1) is 0 Å². The van der Waals surface area contributed by atoms with Crippen molar-refractivity contribution in [3.63, 3.8) is 0 Å². The Morgan fingerprint density at radius 1 is 1.10 bits per heavy atom. The molecule has 3 heterocycles. The molecule has 0 radical (unpaired) electrons. The van der Waals surface area contributed by atoms with Gasteiger partial charge in [0.25, 0.3) is 0 Å². The van der Waals surface area contributed by atoms with Crippen molar-refractivity contribution in [3.8, 4) is 5.75 Å². The van der Waals surface area contributed by atoms with Gasteiger partial charge in [0.1, 0.15) is 17.6 Å². The molecule has 0 saturated heterocycles. The van der Waals surface area contributed by atoms with Gasteiger partial charge in [-0.1, -0.05) is 12.1 Å². The minimum absolute atomic E-state index is 0.247. The van der Waals surface area contributed by atoms with Crippen LogP contribution in [0.15, 0.2) is 47.7 Å². The van der Waals surface area contributed by atoms with Crippen LogP contribution in [0.3, 0.4) is 0 Å². The number of nitrogens with zero attached hydrogens (tertiary/aromatic N) is 5. The van der Waals surface area contributed by atoms with Crippen molar-refractivity contribution < 1.29 is 4.74 Å². The highest BCUT2D eigenvalue weighted by Crippen LogP contribution is 2.18. The molecule has 150 valence electrons. The third kappa shape index (κ3) is 3.82. The largest absolute Gasteiger partial charge is 0.497 e. The molecule has 0 saturated carbocycles. The number of pyridine rings is 1. The van der Waals surface area contributed by atoms with Crippen molar-refractivity contribution in [2.75, 3.05) is 27.2 Å². The predicted molar refractivity (Wildman–Crippen MR) is 110 cm³/mol. The number of fused-ring (bicyclic) bond motifs is 3. The first-order chi connectivity index (χ1) is 14.2. The lowest BCUT2D eigenvalue weighted by Crippen LogP contribution is -2.29. The van der Waals surface area contributed by atoms with E-state index >= 15 is 0 Å². The third-order valence-corrected chi connectivity index (χ3v) is 4.77. The van der Waals surface area contributed by atoms with Crippen molar-refractivity contribution in [1.82, 2.24) is 34.8 Å². The number of ether oxygens (including phenoxy) is 1. The van der Waals surface area contributed by atoms with E-state index in [9.17, 15) is 4.79 Å². The average molecular weight is 393 g/mol. The molecule has 0 amide bonds. The Morgan fingerprint density at radius 2 is 1.93 bits per heavy atom. The van der Waals surface area contributed by atoms with E-state index in [1.165, 1.54) is 10.8 Å². The van der Waals surface area contributed by atoms with Crippen molar-refractivity contribution in [3.05, 3.63) is 64.5 Å². The normalized spacial score (nSPS) is 11.4. The quantitative estimate of drug-likeness (QED) is 0.427. The Kier molecular flexibility index (Phi) is 5.50. The SMILES string of the molecule is CNCCNCc1cnc2c(c1)n(Cc1ccc(OC)cc1)c(=O)n1ncnc21. The van der Waals surface area contributed by atoms with Crippen molar-refractivity contribution in [2.24, 2.45) is 0 Å². The molecule has 0 spiro atoms. The third-order valence-electron chi connectivity index (χ3n) is 4.77. The summed E-state index contributed by atoms with van der Waals surface area (Å²) in [7, 11) is 3.55. The number of aromatic nitrogens is 5. The van der Waals surface area contributed by atoms with Crippen LogP contribution in [0.4, 0.5) is 0 Å². The molecule has 0 bridgehead atoms. The first kappa shape index (κ1) is 19.0. The van der Waals surface area contributed by atoms with Gasteiger partial charge in [-0.25, -0.2) is 9.78 Å². The van der Waals surface area contributed by atoms with Crippen LogP contribution in [0.1, 0.15) is 11.1 Å². The summed E-state index contributed by atoms with van der Waals surface area (Å²) in [6, 6.07) is 9.64. The summed E-state index contributed by atoms with van der Waals surface area (Å²) in [5.41, 5.74) is 3.58. The van der Waals surface area contributed by atoms with E-state index in [1.54, 1.807) is 11.7 Å². The Labute approximate surface area is 167 Å². The van der Waals surface area contributed by atoms with Gasteiger partial charge in [0.05, 0.1) is 19.2 Å². The fourth-order valence-electron chi connectivity index (χ4n) is 3.24. The molecule has 29 heavy (non-hydrogen) atoms. The van der Waals surface area contributed by atoms with Crippen molar-refractivity contribution >= 4 is 16.7 Å². The van der Waals surface area contributed by atoms with E-state index in [0.29, 0.717) is 24.3 Å². The van der Waals surface area contributed by atoms with Crippen LogP contribution in [0.2, 0.25) is 0 Å². The molecular formula is C20H23N7O2.